The summed E-state index contributed by atoms with van der Waals surface area (Å²) in [6.45, 7) is 6.46. The van der Waals surface area contributed by atoms with Gasteiger partial charge in [0.15, 0.2) is 0 Å². The molecule has 0 bridgehead atoms. The van der Waals surface area contributed by atoms with Crippen molar-refractivity contribution >= 4 is 46.8 Å². The van der Waals surface area contributed by atoms with Gasteiger partial charge in [0.1, 0.15) is 0 Å². The van der Waals surface area contributed by atoms with E-state index in [1.54, 1.807) is 41.5 Å². The average Bonchev–Trinajstić information content (AvgIpc) is 3.33. The Hall–Kier alpha value is -5.18. The van der Waals surface area contributed by atoms with Gasteiger partial charge < -0.3 is 85.2 Å². The molecule has 0 aliphatic heterocycles. The third-order valence-electron chi connectivity index (χ3n) is 12.6. The molecule has 0 radical (unpaired) electrons. The molecule has 2 aromatic carbocycles. The monoisotopic (exact) mass is 1040 g/mol. The van der Waals surface area contributed by atoms with Crippen LogP contribution in [-0.2, 0) is 27.2 Å². The Kier molecular flexibility index (Phi) is 25.4. The summed E-state index contributed by atoms with van der Waals surface area (Å²) < 4.78 is 5.77. The zero-order chi connectivity index (χ0) is 55.9. The van der Waals surface area contributed by atoms with Gasteiger partial charge in [0.2, 0.25) is 11.8 Å². The quantitative estimate of drug-likeness (QED) is 0.0436. The molecule has 10 N–H and O–H groups in total. The largest absolute Gasteiger partial charge is 0.394 e. The van der Waals surface area contributed by atoms with Gasteiger partial charge in [-0.15, -0.1) is 0 Å². The van der Waals surface area contributed by atoms with Crippen LogP contribution in [0.3, 0.4) is 0 Å². The van der Waals surface area contributed by atoms with E-state index in [0.29, 0.717) is 11.1 Å². The zero-order valence-electron chi connectivity index (χ0n) is 44.4. The summed E-state index contributed by atoms with van der Waals surface area (Å²) in [7, 11) is 5.55. The van der Waals surface area contributed by atoms with Gasteiger partial charge in [0.25, 0.3) is 23.6 Å². The highest BCUT2D eigenvalue weighted by Gasteiger charge is 2.36. The van der Waals surface area contributed by atoms with Crippen LogP contribution in [0.2, 0.25) is 0 Å². The van der Waals surface area contributed by atoms with Gasteiger partial charge in [0.05, 0.1) is 101 Å². The van der Waals surface area contributed by atoms with Crippen LogP contribution >= 0.6 is 0 Å². The van der Waals surface area contributed by atoms with Gasteiger partial charge in [-0.3, -0.25) is 28.8 Å². The predicted molar refractivity (Wildman–Crippen MR) is 270 cm³/mol. The maximum absolute atomic E-state index is 14.2. The molecule has 0 spiro atoms. The van der Waals surface area contributed by atoms with Crippen LogP contribution in [0.25, 0.3) is 0 Å². The van der Waals surface area contributed by atoms with E-state index in [-0.39, 0.29) is 94.9 Å². The molecule has 0 aromatic heterocycles. The Morgan fingerprint density at radius 3 is 0.877 bits per heavy atom. The van der Waals surface area contributed by atoms with Gasteiger partial charge in [-0.1, -0.05) is 13.8 Å². The van der Waals surface area contributed by atoms with Crippen molar-refractivity contribution < 1.29 is 84.6 Å². The topological polar surface area (TPSA) is 333 Å². The number of hydrogen-bond acceptors (Lipinski definition) is 17. The lowest BCUT2D eigenvalue weighted by molar-refractivity contribution is -0.117. The van der Waals surface area contributed by atoms with E-state index >= 15 is 0 Å². The highest BCUT2D eigenvalue weighted by molar-refractivity contribution is 6.09. The van der Waals surface area contributed by atoms with E-state index in [1.165, 1.54) is 51.8 Å². The van der Waals surface area contributed by atoms with E-state index in [1.807, 2.05) is 0 Å². The fraction of sp³-hybridized carbons (Fsp3) is 0.640. The fourth-order valence-corrected chi connectivity index (χ4v) is 9.04. The second-order valence-corrected chi connectivity index (χ2v) is 18.6. The summed E-state index contributed by atoms with van der Waals surface area (Å²) in [5.41, 5.74) is 1.86. The summed E-state index contributed by atoms with van der Waals surface area (Å²) >= 11 is 0. The zero-order valence-corrected chi connectivity index (χ0v) is 44.4. The Morgan fingerprint density at radius 2 is 0.658 bits per heavy atom. The van der Waals surface area contributed by atoms with Gasteiger partial charge in [-0.25, -0.2) is 0 Å². The molecule has 23 heteroatoms. The van der Waals surface area contributed by atoms with Crippen molar-refractivity contribution in [3.8, 4) is 0 Å². The summed E-state index contributed by atoms with van der Waals surface area (Å²) in [4.78, 5) is 90.9. The molecule has 6 unspecified atom stereocenters. The van der Waals surface area contributed by atoms with Gasteiger partial charge in [0, 0.05) is 90.5 Å². The lowest BCUT2D eigenvalue weighted by Crippen LogP contribution is -2.43. The first-order chi connectivity index (χ1) is 34.1. The number of carbonyl (C=O) groups excluding carboxylic acids is 6. The Morgan fingerprint density at radius 1 is 0.411 bits per heavy atom. The second-order valence-electron chi connectivity index (χ2n) is 18.6. The minimum absolute atomic E-state index is 0.00233. The first-order valence-electron chi connectivity index (χ1n) is 24.1. The molecule has 0 heterocycles. The lowest BCUT2D eigenvalue weighted by atomic mass is 9.87. The van der Waals surface area contributed by atoms with Crippen LogP contribution in [0.5, 0.6) is 0 Å². The minimum atomic E-state index is -1.47. The Labute approximate surface area is 427 Å². The average molecular weight is 1040 g/mol. The molecule has 0 aliphatic rings. The molecule has 23 nitrogen and oxygen atoms in total. The number of anilines is 2. The van der Waals surface area contributed by atoms with Crippen molar-refractivity contribution in [1.82, 2.24) is 19.6 Å². The molecule has 0 saturated carbocycles. The van der Waals surface area contributed by atoms with Crippen molar-refractivity contribution in [2.75, 3.05) is 117 Å². The smallest absolute Gasteiger partial charge is 0.254 e. The molecule has 0 fully saturated rings. The van der Waals surface area contributed by atoms with Crippen LogP contribution in [0.4, 0.5) is 11.4 Å². The van der Waals surface area contributed by atoms with Gasteiger partial charge in [-0.2, -0.15) is 0 Å². The number of benzene rings is 2. The summed E-state index contributed by atoms with van der Waals surface area (Å²) in [6, 6.07) is 0. The Bertz CT molecular complexity index is 2110. The maximum atomic E-state index is 14.2. The number of aliphatic hydroxyl groups is 10. The van der Waals surface area contributed by atoms with Crippen LogP contribution in [0.15, 0.2) is 0 Å². The van der Waals surface area contributed by atoms with Crippen LogP contribution in [0, 0.1) is 27.7 Å². The summed E-state index contributed by atoms with van der Waals surface area (Å²) in [5, 5.41) is 102. The van der Waals surface area contributed by atoms with E-state index in [4.69, 9.17) is 4.74 Å². The number of carbonyl (C=O) groups is 6. The Balaban J connectivity index is 2.67. The highest BCUT2D eigenvalue weighted by Crippen LogP contribution is 2.38. The third-order valence-corrected chi connectivity index (χ3v) is 12.6. The third kappa shape index (κ3) is 15.9. The van der Waals surface area contributed by atoms with Crippen molar-refractivity contribution in [3.05, 3.63) is 55.6 Å². The van der Waals surface area contributed by atoms with E-state index in [9.17, 15) is 79.8 Å². The normalized spacial score (nSPS) is 13.9. The van der Waals surface area contributed by atoms with E-state index < -0.39 is 125 Å². The fourth-order valence-electron chi connectivity index (χ4n) is 9.04. The molecular weight excluding hydrogens is 957 g/mol. The molecule has 2 rings (SSSR count). The van der Waals surface area contributed by atoms with E-state index in [2.05, 4.69) is 0 Å². The highest BCUT2D eigenvalue weighted by atomic mass is 16.5. The second kappa shape index (κ2) is 29.1. The number of rotatable bonds is 28. The molecule has 6 atom stereocenters. The van der Waals surface area contributed by atoms with Gasteiger partial charge in [-0.05, 0) is 73.9 Å². The molecule has 412 valence electrons. The van der Waals surface area contributed by atoms with Crippen molar-refractivity contribution in [2.24, 2.45) is 0 Å². The molecule has 73 heavy (non-hydrogen) atoms. The standard InChI is InChI=1S/C50H80N6O17/c1-13-39-43(49(71)53(11)17-35(65)23-59)27(3)41(47(69)51(9)15-33(63)21-57)29(5)45(39)55(31(7)61)19-37(67)25-73-26-38(68)20-56(32(8)62)46-30(6)42(48(70)52(10)16-34(64)22-58)28(4)44(40(46)14-2)50(72)54(12)18-36(66)24-60/h33-38,57-60,63-68H,13-26H2,1-12H3. The van der Waals surface area contributed by atoms with Crippen LogP contribution < -0.4 is 9.80 Å². The summed E-state index contributed by atoms with van der Waals surface area (Å²) in [5.74, 6) is -3.83. The van der Waals surface area contributed by atoms with Crippen LogP contribution in [0.1, 0.15) is 103 Å². The molecule has 2 aromatic rings. The maximum Gasteiger partial charge on any atom is 0.254 e. The summed E-state index contributed by atoms with van der Waals surface area (Å²) in [6.07, 6.45) is -7.85. The van der Waals surface area contributed by atoms with Crippen molar-refractivity contribution in [2.45, 2.75) is 105 Å². The van der Waals surface area contributed by atoms with Crippen LogP contribution in [-0.4, -0.2) is 250 Å². The lowest BCUT2D eigenvalue weighted by Gasteiger charge is -2.33. The van der Waals surface area contributed by atoms with Crippen molar-refractivity contribution in [1.29, 1.82) is 0 Å². The number of amides is 6. The molecule has 0 saturated heterocycles. The molecule has 0 aliphatic carbocycles. The SMILES string of the molecule is CCc1c(C(=O)N(C)CC(O)CO)c(C)c(C(=O)N(C)CC(O)CO)c(C)c1N(CC(O)COCC(O)CN(C(C)=O)c1c(C)c(C(=O)N(C)CC(O)CO)c(C)c(C(=O)N(C)CC(O)CO)c1CC)C(C)=O. The first-order valence-corrected chi connectivity index (χ1v) is 24.1. The number of hydrogen-bond donors (Lipinski definition) is 10. The number of nitrogens with zero attached hydrogens (tertiary/aromatic N) is 6. The number of aliphatic hydroxyl groups excluding tert-OH is 10. The minimum Gasteiger partial charge on any atom is -0.394 e. The predicted octanol–water partition coefficient (Wildman–Crippen LogP) is -2.11. The van der Waals surface area contributed by atoms with E-state index in [0.717, 1.165) is 19.6 Å². The number of likely N-dealkylation sites (N-methyl/N-ethyl adjacent to an activating group) is 4. The number of ether oxygens (including phenoxy) is 1. The van der Waals surface area contributed by atoms with Crippen molar-refractivity contribution in [3.63, 3.8) is 0 Å². The molecule has 6 amide bonds. The van der Waals surface area contributed by atoms with Gasteiger partial charge >= 0.3 is 0 Å². The molecular formula is C50H80N6O17. The first kappa shape index (κ1) is 63.9.